The first-order valence-electron chi connectivity index (χ1n) is 9.92. The van der Waals surface area contributed by atoms with Gasteiger partial charge in [-0.05, 0) is 48.0 Å². The van der Waals surface area contributed by atoms with Crippen molar-refractivity contribution in [1.29, 1.82) is 0 Å². The average molecular weight is 472 g/mol. The molecule has 5 nitrogen and oxygen atoms in total. The number of nitrogens with zero attached hydrogens (tertiary/aromatic N) is 3. The van der Waals surface area contributed by atoms with Crippen LogP contribution in [0.25, 0.3) is 17.1 Å². The van der Waals surface area contributed by atoms with E-state index in [-0.39, 0.29) is 0 Å². The number of ether oxygens (including phenoxy) is 2. The van der Waals surface area contributed by atoms with Crippen LogP contribution in [-0.4, -0.2) is 29.0 Å². The van der Waals surface area contributed by atoms with E-state index in [4.69, 9.17) is 9.47 Å². The third kappa shape index (κ3) is 5.14. The third-order valence-corrected chi connectivity index (χ3v) is 5.91. The van der Waals surface area contributed by atoms with Crippen molar-refractivity contribution in [3.63, 3.8) is 0 Å². The van der Waals surface area contributed by atoms with Crippen molar-refractivity contribution in [3.8, 4) is 28.6 Å². The molecule has 0 atom stereocenters. The van der Waals surface area contributed by atoms with Crippen molar-refractivity contribution < 1.29 is 22.6 Å². The molecule has 0 fully saturated rings. The molecule has 170 valence electrons. The first-order chi connectivity index (χ1) is 15.9. The van der Waals surface area contributed by atoms with Gasteiger partial charge in [-0.2, -0.15) is 13.2 Å². The minimum absolute atomic E-state index is 0.302. The summed E-state index contributed by atoms with van der Waals surface area (Å²) >= 11 is 1.31. The van der Waals surface area contributed by atoms with E-state index in [1.807, 2.05) is 53.1 Å². The SMILES string of the molecule is COc1ccc(-n2c(SCc3cccc(C(F)(F)F)c3)nnc2-c2cccc(OC)c2)cc1. The van der Waals surface area contributed by atoms with Gasteiger partial charge in [0.1, 0.15) is 11.5 Å². The highest BCUT2D eigenvalue weighted by Crippen LogP contribution is 2.33. The fourth-order valence-corrected chi connectivity index (χ4v) is 4.16. The van der Waals surface area contributed by atoms with Crippen LogP contribution in [0.1, 0.15) is 11.1 Å². The molecule has 0 saturated carbocycles. The Morgan fingerprint density at radius 1 is 0.848 bits per heavy atom. The molecule has 33 heavy (non-hydrogen) atoms. The topological polar surface area (TPSA) is 49.2 Å². The molecule has 0 aliphatic carbocycles. The van der Waals surface area contributed by atoms with Crippen LogP contribution in [0.5, 0.6) is 11.5 Å². The quantitative estimate of drug-likeness (QED) is 0.298. The third-order valence-electron chi connectivity index (χ3n) is 4.91. The number of hydrogen-bond acceptors (Lipinski definition) is 5. The Balaban J connectivity index is 1.71. The normalized spacial score (nSPS) is 11.4. The minimum atomic E-state index is -4.39. The Morgan fingerprint density at radius 2 is 1.58 bits per heavy atom. The number of aromatic nitrogens is 3. The molecule has 0 bridgehead atoms. The lowest BCUT2D eigenvalue weighted by atomic mass is 10.1. The molecule has 9 heteroatoms. The van der Waals surface area contributed by atoms with Crippen LogP contribution >= 0.6 is 11.8 Å². The number of alkyl halides is 3. The van der Waals surface area contributed by atoms with Crippen molar-refractivity contribution in [2.75, 3.05) is 14.2 Å². The van der Waals surface area contributed by atoms with Crippen LogP contribution in [0.4, 0.5) is 13.2 Å². The minimum Gasteiger partial charge on any atom is -0.497 e. The van der Waals surface area contributed by atoms with Crippen LogP contribution in [0.2, 0.25) is 0 Å². The maximum absolute atomic E-state index is 13.1. The molecular formula is C24H20F3N3O2S. The van der Waals surface area contributed by atoms with Gasteiger partial charge in [-0.25, -0.2) is 0 Å². The molecule has 0 spiro atoms. The second-order valence-corrected chi connectivity index (χ2v) is 8.00. The maximum Gasteiger partial charge on any atom is 0.416 e. The predicted molar refractivity (Wildman–Crippen MR) is 121 cm³/mol. The van der Waals surface area contributed by atoms with E-state index in [0.29, 0.717) is 33.8 Å². The summed E-state index contributed by atoms with van der Waals surface area (Å²) in [6.07, 6.45) is -4.39. The van der Waals surface area contributed by atoms with Crippen LogP contribution in [0.3, 0.4) is 0 Å². The number of methoxy groups -OCH3 is 2. The van der Waals surface area contributed by atoms with Gasteiger partial charge in [-0.3, -0.25) is 4.57 Å². The van der Waals surface area contributed by atoms with Crippen molar-refractivity contribution >= 4 is 11.8 Å². The molecule has 1 aromatic heterocycles. The molecular weight excluding hydrogens is 451 g/mol. The van der Waals surface area contributed by atoms with E-state index >= 15 is 0 Å². The highest BCUT2D eigenvalue weighted by Gasteiger charge is 2.30. The van der Waals surface area contributed by atoms with Gasteiger partial charge in [0.05, 0.1) is 19.8 Å². The summed E-state index contributed by atoms with van der Waals surface area (Å²) in [5.74, 6) is 2.27. The number of benzene rings is 3. The van der Waals surface area contributed by atoms with E-state index in [1.165, 1.54) is 17.8 Å². The van der Waals surface area contributed by atoms with Gasteiger partial charge in [0.25, 0.3) is 0 Å². The lowest BCUT2D eigenvalue weighted by Gasteiger charge is -2.12. The first-order valence-corrected chi connectivity index (χ1v) is 10.9. The van der Waals surface area contributed by atoms with E-state index in [0.717, 1.165) is 23.4 Å². The molecule has 0 aliphatic rings. The number of rotatable bonds is 7. The molecule has 3 aromatic carbocycles. The fraction of sp³-hybridized carbons (Fsp3) is 0.167. The summed E-state index contributed by atoms with van der Waals surface area (Å²) in [5, 5.41) is 9.26. The Hall–Kier alpha value is -3.46. The number of hydrogen-bond donors (Lipinski definition) is 0. The summed E-state index contributed by atoms with van der Waals surface area (Å²) in [4.78, 5) is 0. The Kier molecular flexibility index (Phi) is 6.60. The second kappa shape index (κ2) is 9.58. The number of halogens is 3. The fourth-order valence-electron chi connectivity index (χ4n) is 3.26. The molecule has 0 unspecified atom stereocenters. The van der Waals surface area contributed by atoms with Crippen molar-refractivity contribution in [2.45, 2.75) is 17.1 Å². The molecule has 4 rings (SSSR count). The predicted octanol–water partition coefficient (Wildman–Crippen LogP) is 6.26. The van der Waals surface area contributed by atoms with Gasteiger partial charge in [0.2, 0.25) is 0 Å². The first kappa shape index (κ1) is 22.7. The number of thioether (sulfide) groups is 1. The molecule has 1 heterocycles. The van der Waals surface area contributed by atoms with Gasteiger partial charge in [0.15, 0.2) is 11.0 Å². The van der Waals surface area contributed by atoms with Crippen LogP contribution in [-0.2, 0) is 11.9 Å². The average Bonchev–Trinajstić information content (AvgIpc) is 3.26. The van der Waals surface area contributed by atoms with Crippen molar-refractivity contribution in [3.05, 3.63) is 83.9 Å². The zero-order valence-electron chi connectivity index (χ0n) is 17.8. The standard InChI is InChI=1S/C24H20F3N3O2S/c1-31-20-11-9-19(10-12-20)30-22(17-6-4-8-21(14-17)32-2)28-29-23(30)33-15-16-5-3-7-18(13-16)24(25,26)27/h3-14H,15H2,1-2H3. The van der Waals surface area contributed by atoms with E-state index in [2.05, 4.69) is 10.2 Å². The molecule has 0 saturated heterocycles. The van der Waals surface area contributed by atoms with Gasteiger partial charge < -0.3 is 9.47 Å². The van der Waals surface area contributed by atoms with Gasteiger partial charge in [0, 0.05) is 17.0 Å². The molecule has 0 amide bonds. The molecule has 0 aliphatic heterocycles. The van der Waals surface area contributed by atoms with Gasteiger partial charge >= 0.3 is 6.18 Å². The van der Waals surface area contributed by atoms with E-state index in [1.54, 1.807) is 20.3 Å². The maximum atomic E-state index is 13.1. The monoisotopic (exact) mass is 471 g/mol. The van der Waals surface area contributed by atoms with E-state index in [9.17, 15) is 13.2 Å². The molecule has 4 aromatic rings. The Morgan fingerprint density at radius 3 is 2.27 bits per heavy atom. The summed E-state index contributed by atoms with van der Waals surface area (Å²) in [6.45, 7) is 0. The summed E-state index contributed by atoms with van der Waals surface area (Å²) in [7, 11) is 3.18. The molecule has 0 N–H and O–H groups in total. The van der Waals surface area contributed by atoms with Crippen molar-refractivity contribution in [1.82, 2.24) is 14.8 Å². The van der Waals surface area contributed by atoms with Gasteiger partial charge in [-0.1, -0.05) is 42.1 Å². The van der Waals surface area contributed by atoms with Crippen LogP contribution < -0.4 is 9.47 Å². The highest BCUT2D eigenvalue weighted by atomic mass is 32.2. The van der Waals surface area contributed by atoms with Crippen LogP contribution in [0.15, 0.2) is 78.0 Å². The Labute approximate surface area is 193 Å². The lowest BCUT2D eigenvalue weighted by molar-refractivity contribution is -0.137. The van der Waals surface area contributed by atoms with E-state index < -0.39 is 11.7 Å². The molecule has 0 radical (unpaired) electrons. The zero-order valence-corrected chi connectivity index (χ0v) is 18.7. The second-order valence-electron chi connectivity index (χ2n) is 7.06. The smallest absolute Gasteiger partial charge is 0.416 e. The van der Waals surface area contributed by atoms with Crippen LogP contribution in [0, 0.1) is 0 Å². The summed E-state index contributed by atoms with van der Waals surface area (Å²) in [6, 6.07) is 20.1. The van der Waals surface area contributed by atoms with Gasteiger partial charge in [-0.15, -0.1) is 10.2 Å². The summed E-state index contributed by atoms with van der Waals surface area (Å²) < 4.78 is 51.7. The lowest BCUT2D eigenvalue weighted by Crippen LogP contribution is -2.05. The highest BCUT2D eigenvalue weighted by molar-refractivity contribution is 7.98. The van der Waals surface area contributed by atoms with Crippen molar-refractivity contribution in [2.24, 2.45) is 0 Å². The summed E-state index contributed by atoms with van der Waals surface area (Å²) in [5.41, 5.74) is 1.46. The Bertz CT molecular complexity index is 1240. The zero-order chi connectivity index (χ0) is 23.4. The largest absolute Gasteiger partial charge is 0.497 e.